The monoisotopic (exact) mass is 376 g/mol. The van der Waals surface area contributed by atoms with Crippen LogP contribution in [0, 0.1) is 17.8 Å². The number of allylic oxidation sites excluding steroid dienone is 1. The third-order valence-electron chi connectivity index (χ3n) is 4.79. The van der Waals surface area contributed by atoms with Crippen molar-refractivity contribution < 1.29 is 17.2 Å². The van der Waals surface area contributed by atoms with E-state index in [0.717, 1.165) is 36.2 Å². The lowest BCUT2D eigenvalue weighted by molar-refractivity contribution is 0.295. The van der Waals surface area contributed by atoms with Gasteiger partial charge in [-0.05, 0) is 37.5 Å². The van der Waals surface area contributed by atoms with E-state index < -0.39 is 10.4 Å². The van der Waals surface area contributed by atoms with Crippen molar-refractivity contribution >= 4 is 10.4 Å². The molecule has 25 heavy (non-hydrogen) atoms. The molecule has 0 aromatic rings. The molecule has 150 valence electrons. The Morgan fingerprint density at radius 3 is 1.88 bits per heavy atom. The summed E-state index contributed by atoms with van der Waals surface area (Å²) in [4.78, 5) is 0. The van der Waals surface area contributed by atoms with Gasteiger partial charge in [-0.1, -0.05) is 84.3 Å². The minimum atomic E-state index is -4.33. The van der Waals surface area contributed by atoms with Crippen LogP contribution in [0.3, 0.4) is 0 Å². The molecule has 4 nitrogen and oxygen atoms in total. The van der Waals surface area contributed by atoms with E-state index in [-0.39, 0.29) is 6.61 Å². The second-order valence-electron chi connectivity index (χ2n) is 8.12. The zero-order valence-corrected chi connectivity index (χ0v) is 17.8. The Balaban J connectivity index is 3.69. The summed E-state index contributed by atoms with van der Waals surface area (Å²) in [5.74, 6) is 2.41. The van der Waals surface area contributed by atoms with Gasteiger partial charge in [0.15, 0.2) is 0 Å². The highest BCUT2D eigenvalue weighted by Crippen LogP contribution is 2.22. The van der Waals surface area contributed by atoms with Crippen LogP contribution in [-0.2, 0) is 14.6 Å². The van der Waals surface area contributed by atoms with Crippen LogP contribution in [-0.4, -0.2) is 19.6 Å². The molecule has 0 aromatic heterocycles. The second kappa shape index (κ2) is 13.8. The van der Waals surface area contributed by atoms with Gasteiger partial charge in [0.2, 0.25) is 0 Å². The normalized spacial score (nSPS) is 15.6. The molecule has 0 aliphatic carbocycles. The van der Waals surface area contributed by atoms with Crippen molar-refractivity contribution in [1.82, 2.24) is 0 Å². The summed E-state index contributed by atoms with van der Waals surface area (Å²) in [5, 5.41) is 0. The molecule has 0 heterocycles. The molecule has 0 fully saturated rings. The molecule has 0 aliphatic rings. The van der Waals surface area contributed by atoms with Crippen LogP contribution in [0.15, 0.2) is 11.6 Å². The summed E-state index contributed by atoms with van der Waals surface area (Å²) < 4.78 is 33.7. The van der Waals surface area contributed by atoms with Gasteiger partial charge < -0.3 is 0 Å². The molecule has 0 aromatic carbocycles. The Morgan fingerprint density at radius 1 is 0.920 bits per heavy atom. The van der Waals surface area contributed by atoms with Gasteiger partial charge in [-0.3, -0.25) is 4.55 Å². The summed E-state index contributed by atoms with van der Waals surface area (Å²) in [6.45, 7) is 11.2. The van der Waals surface area contributed by atoms with Gasteiger partial charge >= 0.3 is 10.4 Å². The molecule has 0 saturated carbocycles. The summed E-state index contributed by atoms with van der Waals surface area (Å²) >= 11 is 0. The fourth-order valence-electron chi connectivity index (χ4n) is 3.07. The molecule has 0 spiro atoms. The quantitative estimate of drug-likeness (QED) is 0.273. The van der Waals surface area contributed by atoms with Crippen molar-refractivity contribution in [3.8, 4) is 0 Å². The van der Waals surface area contributed by atoms with Gasteiger partial charge in [-0.25, -0.2) is 4.18 Å². The lowest BCUT2D eigenvalue weighted by Crippen LogP contribution is -2.03. The Kier molecular flexibility index (Phi) is 13.6. The second-order valence-corrected chi connectivity index (χ2v) is 9.21. The number of rotatable bonds is 15. The van der Waals surface area contributed by atoms with Crippen LogP contribution in [0.1, 0.15) is 92.4 Å². The first kappa shape index (κ1) is 24.6. The lowest BCUT2D eigenvalue weighted by Gasteiger charge is -2.15. The summed E-state index contributed by atoms with van der Waals surface area (Å²) in [6.07, 6.45) is 13.0. The lowest BCUT2D eigenvalue weighted by atomic mass is 9.91. The maximum Gasteiger partial charge on any atom is 0.397 e. The van der Waals surface area contributed by atoms with Crippen molar-refractivity contribution in [3.05, 3.63) is 11.6 Å². The van der Waals surface area contributed by atoms with Crippen LogP contribution in [0.5, 0.6) is 0 Å². The van der Waals surface area contributed by atoms with Crippen molar-refractivity contribution in [2.24, 2.45) is 17.8 Å². The highest BCUT2D eigenvalue weighted by Gasteiger charge is 2.07. The van der Waals surface area contributed by atoms with E-state index >= 15 is 0 Å². The molecule has 0 amide bonds. The molecular formula is C20H40O4S. The van der Waals surface area contributed by atoms with E-state index in [2.05, 4.69) is 31.9 Å². The molecule has 1 N–H and O–H groups in total. The SMILES string of the molecule is C/C(=C\COS(=O)(=O)O)CCC[C@H](C)CCC[C@H](C)CCCC(C)C. The zero-order valence-electron chi connectivity index (χ0n) is 17.0. The molecule has 2 atom stereocenters. The van der Waals surface area contributed by atoms with Crippen molar-refractivity contribution in [3.63, 3.8) is 0 Å². The highest BCUT2D eigenvalue weighted by atomic mass is 32.3. The van der Waals surface area contributed by atoms with Crippen LogP contribution in [0.2, 0.25) is 0 Å². The van der Waals surface area contributed by atoms with Gasteiger partial charge in [-0.2, -0.15) is 8.42 Å². The van der Waals surface area contributed by atoms with Gasteiger partial charge in [-0.15, -0.1) is 0 Å². The third-order valence-corrected chi connectivity index (χ3v) is 5.22. The summed E-state index contributed by atoms with van der Waals surface area (Å²) in [5.41, 5.74) is 1.11. The predicted molar refractivity (Wildman–Crippen MR) is 106 cm³/mol. The molecule has 0 bridgehead atoms. The Bertz CT molecular complexity index is 454. The smallest absolute Gasteiger partial charge is 0.264 e. The fraction of sp³-hybridized carbons (Fsp3) is 0.900. The maximum atomic E-state index is 10.5. The molecule has 0 saturated heterocycles. The van der Waals surface area contributed by atoms with Crippen LogP contribution in [0.4, 0.5) is 0 Å². The molecule has 0 rings (SSSR count). The summed E-state index contributed by atoms with van der Waals surface area (Å²) in [6, 6.07) is 0. The molecule has 0 unspecified atom stereocenters. The Morgan fingerprint density at radius 2 is 1.40 bits per heavy atom. The highest BCUT2D eigenvalue weighted by molar-refractivity contribution is 7.80. The van der Waals surface area contributed by atoms with E-state index in [1.165, 1.54) is 44.9 Å². The van der Waals surface area contributed by atoms with Gasteiger partial charge in [0.25, 0.3) is 0 Å². The first-order valence-electron chi connectivity index (χ1n) is 9.87. The average Bonchev–Trinajstić information content (AvgIpc) is 2.45. The third kappa shape index (κ3) is 18.2. The molecule has 0 aliphatic heterocycles. The Labute approximate surface area is 156 Å². The minimum absolute atomic E-state index is 0.0884. The Hall–Kier alpha value is -0.390. The van der Waals surface area contributed by atoms with E-state index in [4.69, 9.17) is 4.55 Å². The number of hydrogen-bond donors (Lipinski definition) is 1. The van der Waals surface area contributed by atoms with Crippen molar-refractivity contribution in [2.75, 3.05) is 6.61 Å². The van der Waals surface area contributed by atoms with Crippen molar-refractivity contribution in [2.45, 2.75) is 92.4 Å². The van der Waals surface area contributed by atoms with Gasteiger partial charge in [0.1, 0.15) is 0 Å². The molecule has 0 radical (unpaired) electrons. The van der Waals surface area contributed by atoms with Gasteiger partial charge in [0, 0.05) is 0 Å². The van der Waals surface area contributed by atoms with Crippen LogP contribution in [0.25, 0.3) is 0 Å². The predicted octanol–water partition coefficient (Wildman–Crippen LogP) is 6.19. The maximum absolute atomic E-state index is 10.5. The van der Waals surface area contributed by atoms with Gasteiger partial charge in [0.05, 0.1) is 6.61 Å². The summed E-state index contributed by atoms with van der Waals surface area (Å²) in [7, 11) is -4.33. The molecular weight excluding hydrogens is 336 g/mol. The number of hydrogen-bond acceptors (Lipinski definition) is 3. The minimum Gasteiger partial charge on any atom is -0.264 e. The van der Waals surface area contributed by atoms with E-state index in [1.54, 1.807) is 6.08 Å². The topological polar surface area (TPSA) is 63.6 Å². The first-order chi connectivity index (χ1) is 11.6. The van der Waals surface area contributed by atoms with E-state index in [9.17, 15) is 8.42 Å². The standard InChI is InChI=1S/C20H40O4S/c1-17(2)9-6-10-18(3)11-7-12-19(4)13-8-14-20(5)15-16-24-25(21,22)23/h15,17-19H,6-14,16H2,1-5H3,(H,21,22,23)/b20-15+/t18-,19-/m1/s1. The van der Waals surface area contributed by atoms with E-state index in [0.29, 0.717) is 0 Å². The molecule has 5 heteroatoms. The van der Waals surface area contributed by atoms with Crippen LogP contribution >= 0.6 is 0 Å². The van der Waals surface area contributed by atoms with E-state index in [1.807, 2.05) is 6.92 Å². The van der Waals surface area contributed by atoms with Crippen LogP contribution < -0.4 is 0 Å². The zero-order chi connectivity index (χ0) is 19.3. The van der Waals surface area contributed by atoms with Crippen molar-refractivity contribution in [1.29, 1.82) is 0 Å². The average molecular weight is 377 g/mol. The first-order valence-corrected chi connectivity index (χ1v) is 11.2. The largest absolute Gasteiger partial charge is 0.397 e. The fourth-order valence-corrected chi connectivity index (χ4v) is 3.31.